The zero-order chi connectivity index (χ0) is 18.4. The summed E-state index contributed by atoms with van der Waals surface area (Å²) < 4.78 is 11.4. The molecule has 1 unspecified atom stereocenters. The van der Waals surface area contributed by atoms with Crippen LogP contribution in [0.5, 0.6) is 0 Å². The number of rotatable bonds is 2. The summed E-state index contributed by atoms with van der Waals surface area (Å²) >= 11 is 3.52. The second-order valence-electron chi connectivity index (χ2n) is 7.10. The lowest BCUT2D eigenvalue weighted by Crippen LogP contribution is -2.35. The Hall–Kier alpha value is -2.08. The third-order valence-corrected chi connectivity index (χ3v) is 5.30. The highest BCUT2D eigenvalue weighted by Crippen LogP contribution is 2.49. The molecule has 0 aromatic heterocycles. The van der Waals surface area contributed by atoms with E-state index in [9.17, 15) is 9.59 Å². The number of Topliss-reactive ketones (excluding diaryl/α,β-unsaturated/α-hetero) is 1. The summed E-state index contributed by atoms with van der Waals surface area (Å²) in [5.74, 6) is -0.678. The number of nitrogens with two attached hydrogens (primary N) is 1. The molecule has 1 heterocycles. The van der Waals surface area contributed by atoms with Crippen molar-refractivity contribution in [3.05, 3.63) is 57.1 Å². The van der Waals surface area contributed by atoms with Crippen molar-refractivity contribution in [3.63, 3.8) is 0 Å². The van der Waals surface area contributed by atoms with Crippen LogP contribution in [-0.2, 0) is 19.1 Å². The molecular formula is C19H20BrNO4. The lowest BCUT2D eigenvalue weighted by Gasteiger charge is -2.38. The van der Waals surface area contributed by atoms with Gasteiger partial charge >= 0.3 is 5.97 Å². The van der Waals surface area contributed by atoms with Gasteiger partial charge in [0.1, 0.15) is 11.3 Å². The predicted molar refractivity (Wildman–Crippen MR) is 96.2 cm³/mol. The van der Waals surface area contributed by atoms with E-state index < -0.39 is 11.9 Å². The highest BCUT2D eigenvalue weighted by Gasteiger charge is 2.45. The highest BCUT2D eigenvalue weighted by atomic mass is 79.9. The Morgan fingerprint density at radius 1 is 1.32 bits per heavy atom. The zero-order valence-electron chi connectivity index (χ0n) is 14.4. The minimum Gasteiger partial charge on any atom is -0.465 e. The highest BCUT2D eigenvalue weighted by molar-refractivity contribution is 9.10. The number of carbonyl (C=O) groups excluding carboxylic acids is 2. The van der Waals surface area contributed by atoms with Crippen LogP contribution < -0.4 is 5.73 Å². The topological polar surface area (TPSA) is 78.6 Å². The molecule has 132 valence electrons. The van der Waals surface area contributed by atoms with Crippen LogP contribution in [-0.4, -0.2) is 18.9 Å². The largest absolute Gasteiger partial charge is 0.465 e. The van der Waals surface area contributed by atoms with Crippen LogP contribution in [0, 0.1) is 5.41 Å². The van der Waals surface area contributed by atoms with E-state index in [0.717, 1.165) is 10.0 Å². The quantitative estimate of drug-likeness (QED) is 0.760. The van der Waals surface area contributed by atoms with Crippen LogP contribution in [0.4, 0.5) is 0 Å². The van der Waals surface area contributed by atoms with Crippen molar-refractivity contribution in [1.29, 1.82) is 0 Å². The van der Waals surface area contributed by atoms with Crippen molar-refractivity contribution in [2.24, 2.45) is 11.1 Å². The van der Waals surface area contributed by atoms with Crippen molar-refractivity contribution in [2.45, 2.75) is 32.6 Å². The maximum atomic E-state index is 12.9. The molecule has 0 spiro atoms. The van der Waals surface area contributed by atoms with Gasteiger partial charge in [0.15, 0.2) is 5.78 Å². The average Bonchev–Trinajstić information content (AvgIpc) is 2.52. The van der Waals surface area contributed by atoms with Gasteiger partial charge in [-0.25, -0.2) is 4.79 Å². The van der Waals surface area contributed by atoms with Gasteiger partial charge in [-0.05, 0) is 17.0 Å². The summed E-state index contributed by atoms with van der Waals surface area (Å²) in [6.45, 7) is 4.03. The molecule has 1 aliphatic carbocycles. The molecule has 2 N–H and O–H groups in total. The molecule has 6 heteroatoms. The molecule has 1 aromatic carbocycles. The fourth-order valence-electron chi connectivity index (χ4n) is 3.51. The molecule has 0 amide bonds. The van der Waals surface area contributed by atoms with Crippen molar-refractivity contribution < 1.29 is 19.1 Å². The Bertz CT molecular complexity index is 822. The lowest BCUT2D eigenvalue weighted by molar-refractivity contribution is -0.136. The number of halogens is 1. The number of hydrogen-bond donors (Lipinski definition) is 1. The van der Waals surface area contributed by atoms with Crippen molar-refractivity contribution >= 4 is 27.7 Å². The molecular weight excluding hydrogens is 386 g/mol. The Morgan fingerprint density at radius 2 is 2.00 bits per heavy atom. The van der Waals surface area contributed by atoms with E-state index >= 15 is 0 Å². The Kier molecular flexibility index (Phi) is 4.49. The normalized spacial score (nSPS) is 22.4. The number of ether oxygens (including phenoxy) is 2. The van der Waals surface area contributed by atoms with Gasteiger partial charge in [0.25, 0.3) is 0 Å². The van der Waals surface area contributed by atoms with E-state index in [2.05, 4.69) is 15.9 Å². The number of allylic oxidation sites excluding steroid dienone is 2. The number of carbonyl (C=O) groups is 2. The third-order valence-electron chi connectivity index (χ3n) is 4.58. The minimum absolute atomic E-state index is 0.00291. The van der Waals surface area contributed by atoms with E-state index in [-0.39, 0.29) is 22.7 Å². The molecule has 0 fully saturated rings. The summed E-state index contributed by atoms with van der Waals surface area (Å²) in [6.07, 6.45) is 0.981. The maximum absolute atomic E-state index is 12.9. The van der Waals surface area contributed by atoms with Crippen molar-refractivity contribution in [1.82, 2.24) is 0 Å². The van der Waals surface area contributed by atoms with Gasteiger partial charge in [-0.1, -0.05) is 48.0 Å². The minimum atomic E-state index is -0.602. The maximum Gasteiger partial charge on any atom is 0.340 e. The van der Waals surface area contributed by atoms with Crippen molar-refractivity contribution in [3.8, 4) is 0 Å². The van der Waals surface area contributed by atoms with Crippen LogP contribution in [0.3, 0.4) is 0 Å². The Balaban J connectivity index is 2.24. The number of esters is 1. The molecule has 25 heavy (non-hydrogen) atoms. The summed E-state index contributed by atoms with van der Waals surface area (Å²) in [5.41, 5.74) is 7.31. The Morgan fingerprint density at radius 3 is 2.64 bits per heavy atom. The SMILES string of the molecule is COC(=O)C1=C(N)OC2=C(C(=O)CC(C)(C)C2)C1c1ccccc1Br. The summed E-state index contributed by atoms with van der Waals surface area (Å²) in [5, 5.41) is 0. The van der Waals surface area contributed by atoms with Gasteiger partial charge in [-0.3, -0.25) is 4.79 Å². The van der Waals surface area contributed by atoms with E-state index in [4.69, 9.17) is 15.2 Å². The summed E-state index contributed by atoms with van der Waals surface area (Å²) in [6, 6.07) is 7.47. The van der Waals surface area contributed by atoms with Gasteiger partial charge in [-0.15, -0.1) is 0 Å². The summed E-state index contributed by atoms with van der Waals surface area (Å²) in [4.78, 5) is 25.3. The van der Waals surface area contributed by atoms with Crippen LogP contribution in [0.15, 0.2) is 51.5 Å². The van der Waals surface area contributed by atoms with Crippen LogP contribution in [0.2, 0.25) is 0 Å². The monoisotopic (exact) mass is 405 g/mol. The van der Waals surface area contributed by atoms with Gasteiger partial charge in [-0.2, -0.15) is 0 Å². The number of benzene rings is 1. The van der Waals surface area contributed by atoms with Gasteiger partial charge in [0, 0.05) is 22.9 Å². The standard InChI is InChI=1S/C19H20BrNO4/c1-19(2)8-12(22)15-13(9-19)25-17(21)16(18(23)24-3)14(15)10-6-4-5-7-11(10)20/h4-7,14H,8-9,21H2,1-3H3. The van der Waals surface area contributed by atoms with Gasteiger partial charge in [0.2, 0.25) is 5.88 Å². The molecule has 0 bridgehead atoms. The molecule has 0 saturated heterocycles. The van der Waals surface area contributed by atoms with Gasteiger partial charge < -0.3 is 15.2 Å². The molecule has 3 rings (SSSR count). The van der Waals surface area contributed by atoms with Crippen LogP contribution in [0.25, 0.3) is 0 Å². The molecule has 5 nitrogen and oxygen atoms in total. The molecule has 2 aliphatic rings. The molecule has 0 radical (unpaired) electrons. The lowest BCUT2D eigenvalue weighted by atomic mass is 9.70. The smallest absolute Gasteiger partial charge is 0.340 e. The fourth-order valence-corrected chi connectivity index (χ4v) is 4.03. The zero-order valence-corrected chi connectivity index (χ0v) is 16.0. The van der Waals surface area contributed by atoms with Crippen molar-refractivity contribution in [2.75, 3.05) is 7.11 Å². The summed E-state index contributed by atoms with van der Waals surface area (Å²) in [7, 11) is 1.29. The molecule has 1 aliphatic heterocycles. The molecule has 0 saturated carbocycles. The van der Waals surface area contributed by atoms with E-state index in [0.29, 0.717) is 24.2 Å². The van der Waals surface area contributed by atoms with Gasteiger partial charge in [0.05, 0.1) is 13.0 Å². The average molecular weight is 406 g/mol. The van der Waals surface area contributed by atoms with E-state index in [1.54, 1.807) is 0 Å². The Labute approximate surface area is 155 Å². The number of hydrogen-bond acceptors (Lipinski definition) is 5. The predicted octanol–water partition coefficient (Wildman–Crippen LogP) is 3.55. The first-order chi connectivity index (χ1) is 11.7. The van der Waals surface area contributed by atoms with E-state index in [1.165, 1.54) is 7.11 Å². The first-order valence-electron chi connectivity index (χ1n) is 8.01. The number of ketones is 1. The first-order valence-corrected chi connectivity index (χ1v) is 8.81. The molecule has 1 atom stereocenters. The second-order valence-corrected chi connectivity index (χ2v) is 7.96. The number of methoxy groups -OCH3 is 1. The van der Waals surface area contributed by atoms with Crippen LogP contribution >= 0.6 is 15.9 Å². The van der Waals surface area contributed by atoms with Crippen LogP contribution in [0.1, 0.15) is 38.2 Å². The first kappa shape index (κ1) is 17.7. The second kappa shape index (κ2) is 6.33. The van der Waals surface area contributed by atoms with E-state index in [1.807, 2.05) is 38.1 Å². The third kappa shape index (κ3) is 3.11. The molecule has 1 aromatic rings. The fraction of sp³-hybridized carbons (Fsp3) is 0.368.